The van der Waals surface area contributed by atoms with E-state index >= 15 is 0 Å². The van der Waals surface area contributed by atoms with Gasteiger partial charge in [0.05, 0.1) is 21.7 Å². The average Bonchev–Trinajstić information content (AvgIpc) is 2.95. The third kappa shape index (κ3) is 3.75. The van der Waals surface area contributed by atoms with Crippen LogP contribution in [0.15, 0.2) is 42.5 Å². The summed E-state index contributed by atoms with van der Waals surface area (Å²) in [6, 6.07) is 12.6. The smallest absolute Gasteiger partial charge is 0.270 e. The fraction of sp³-hybridized carbons (Fsp3) is 0.188. The molecule has 0 fully saturated rings. The van der Waals surface area contributed by atoms with Crippen LogP contribution >= 0.6 is 11.3 Å². The van der Waals surface area contributed by atoms with Crippen molar-refractivity contribution in [3.63, 3.8) is 0 Å². The average molecular weight is 329 g/mol. The normalized spacial score (nSPS) is 10.7. The van der Waals surface area contributed by atoms with Gasteiger partial charge in [-0.05, 0) is 25.1 Å². The summed E-state index contributed by atoms with van der Waals surface area (Å²) in [7, 11) is 0. The third-order valence-electron chi connectivity index (χ3n) is 3.25. The van der Waals surface area contributed by atoms with Crippen molar-refractivity contribution in [1.29, 1.82) is 0 Å². The lowest BCUT2D eigenvalue weighted by molar-refractivity contribution is -0.384. The van der Waals surface area contributed by atoms with Crippen LogP contribution in [0.5, 0.6) is 5.75 Å². The van der Waals surface area contributed by atoms with Gasteiger partial charge < -0.3 is 10.1 Å². The molecule has 0 radical (unpaired) electrons. The van der Waals surface area contributed by atoms with Crippen LogP contribution in [-0.2, 0) is 0 Å². The number of nitrogens with one attached hydrogen (secondary N) is 1. The van der Waals surface area contributed by atoms with E-state index in [1.165, 1.54) is 23.0 Å². The molecule has 1 aromatic heterocycles. The zero-order valence-electron chi connectivity index (χ0n) is 12.5. The Bertz CT molecular complexity index is 830. The van der Waals surface area contributed by atoms with Crippen molar-refractivity contribution >= 4 is 32.4 Å². The third-order valence-corrected chi connectivity index (χ3v) is 4.23. The largest absolute Gasteiger partial charge is 0.492 e. The number of ether oxygens (including phenoxy) is 1. The van der Waals surface area contributed by atoms with E-state index in [2.05, 4.69) is 10.3 Å². The number of aryl methyl sites for hydroxylation is 1. The molecule has 1 heterocycles. The minimum absolute atomic E-state index is 0.0791. The molecule has 0 saturated heterocycles. The fourth-order valence-electron chi connectivity index (χ4n) is 2.06. The number of nitro groups is 1. The van der Waals surface area contributed by atoms with Crippen LogP contribution in [0.25, 0.3) is 10.2 Å². The van der Waals surface area contributed by atoms with E-state index in [0.717, 1.165) is 21.1 Å². The predicted molar refractivity (Wildman–Crippen MR) is 91.4 cm³/mol. The van der Waals surface area contributed by atoms with Crippen LogP contribution in [0.4, 0.5) is 10.8 Å². The highest BCUT2D eigenvalue weighted by atomic mass is 32.1. The molecule has 3 rings (SSSR count). The maximum atomic E-state index is 10.8. The molecular weight excluding hydrogens is 314 g/mol. The Morgan fingerprint density at radius 3 is 2.78 bits per heavy atom. The number of benzene rings is 2. The Kier molecular flexibility index (Phi) is 4.38. The summed E-state index contributed by atoms with van der Waals surface area (Å²) < 4.78 is 6.43. The Hall–Kier alpha value is -2.67. The van der Waals surface area contributed by atoms with Crippen molar-refractivity contribution < 1.29 is 9.66 Å². The molecule has 3 aromatic rings. The molecular formula is C16H15N3O3S. The van der Waals surface area contributed by atoms with Gasteiger partial charge in [0.2, 0.25) is 0 Å². The number of aromatic nitrogens is 1. The molecule has 0 amide bonds. The summed E-state index contributed by atoms with van der Waals surface area (Å²) >= 11 is 1.39. The minimum Gasteiger partial charge on any atom is -0.492 e. The van der Waals surface area contributed by atoms with Crippen LogP contribution in [0.1, 0.15) is 5.56 Å². The van der Waals surface area contributed by atoms with Crippen LogP contribution in [0.2, 0.25) is 0 Å². The van der Waals surface area contributed by atoms with E-state index in [1.807, 2.05) is 31.2 Å². The number of nitrogens with zero attached hydrogens (tertiary/aromatic N) is 2. The van der Waals surface area contributed by atoms with E-state index in [-0.39, 0.29) is 5.69 Å². The van der Waals surface area contributed by atoms with Gasteiger partial charge in [-0.1, -0.05) is 29.0 Å². The molecule has 0 saturated carbocycles. The van der Waals surface area contributed by atoms with Gasteiger partial charge in [-0.25, -0.2) is 4.98 Å². The molecule has 0 aliphatic heterocycles. The molecule has 0 atom stereocenters. The Morgan fingerprint density at radius 2 is 2.04 bits per heavy atom. The number of hydrogen-bond donors (Lipinski definition) is 1. The van der Waals surface area contributed by atoms with E-state index in [4.69, 9.17) is 4.74 Å². The van der Waals surface area contributed by atoms with Crippen molar-refractivity contribution in [2.75, 3.05) is 18.5 Å². The maximum Gasteiger partial charge on any atom is 0.270 e. The Labute approximate surface area is 136 Å². The molecule has 6 nitrogen and oxygen atoms in total. The van der Waals surface area contributed by atoms with E-state index < -0.39 is 4.92 Å². The standard InChI is InChI=1S/C16H15N3O3S/c1-11-2-5-13(6-3-11)22-9-8-17-16-18-14-7-4-12(19(20)21)10-15(14)23-16/h2-7,10H,8-9H2,1H3,(H,17,18). The van der Waals surface area contributed by atoms with Crippen LogP contribution < -0.4 is 10.1 Å². The molecule has 0 aliphatic carbocycles. The number of hydrogen-bond acceptors (Lipinski definition) is 6. The van der Waals surface area contributed by atoms with Gasteiger partial charge in [0.15, 0.2) is 5.13 Å². The van der Waals surface area contributed by atoms with Gasteiger partial charge in [-0.3, -0.25) is 10.1 Å². The van der Waals surface area contributed by atoms with Gasteiger partial charge in [0.25, 0.3) is 5.69 Å². The zero-order valence-corrected chi connectivity index (χ0v) is 13.3. The van der Waals surface area contributed by atoms with E-state index in [0.29, 0.717) is 13.2 Å². The lowest BCUT2D eigenvalue weighted by atomic mass is 10.2. The van der Waals surface area contributed by atoms with Gasteiger partial charge in [0.1, 0.15) is 12.4 Å². The number of non-ortho nitro benzene ring substituents is 1. The molecule has 0 bridgehead atoms. The number of rotatable bonds is 6. The second-order valence-electron chi connectivity index (χ2n) is 5.02. The fourth-order valence-corrected chi connectivity index (χ4v) is 2.99. The van der Waals surface area contributed by atoms with Gasteiger partial charge >= 0.3 is 0 Å². The monoisotopic (exact) mass is 329 g/mol. The Balaban J connectivity index is 1.56. The van der Waals surface area contributed by atoms with Crippen LogP contribution in [0.3, 0.4) is 0 Å². The first-order valence-electron chi connectivity index (χ1n) is 7.10. The topological polar surface area (TPSA) is 77.3 Å². The number of anilines is 1. The molecule has 1 N–H and O–H groups in total. The Morgan fingerprint density at radius 1 is 1.26 bits per heavy atom. The number of fused-ring (bicyclic) bond motifs is 1. The molecule has 0 unspecified atom stereocenters. The maximum absolute atomic E-state index is 10.8. The van der Waals surface area contributed by atoms with Crippen molar-refractivity contribution in [3.8, 4) is 5.75 Å². The first kappa shape index (κ1) is 15.2. The van der Waals surface area contributed by atoms with Crippen molar-refractivity contribution in [3.05, 3.63) is 58.1 Å². The minimum atomic E-state index is -0.401. The highest BCUT2D eigenvalue weighted by Crippen LogP contribution is 2.28. The lowest BCUT2D eigenvalue weighted by Crippen LogP contribution is -2.11. The summed E-state index contributed by atoms with van der Waals surface area (Å²) in [6.07, 6.45) is 0. The van der Waals surface area contributed by atoms with Crippen LogP contribution in [0, 0.1) is 17.0 Å². The second-order valence-corrected chi connectivity index (χ2v) is 6.05. The first-order chi connectivity index (χ1) is 11.1. The van der Waals surface area contributed by atoms with Crippen LogP contribution in [-0.4, -0.2) is 23.1 Å². The van der Waals surface area contributed by atoms with E-state index in [9.17, 15) is 10.1 Å². The van der Waals surface area contributed by atoms with Crippen molar-refractivity contribution in [1.82, 2.24) is 4.98 Å². The molecule has 2 aromatic carbocycles. The zero-order chi connectivity index (χ0) is 16.2. The highest BCUT2D eigenvalue weighted by Gasteiger charge is 2.09. The SMILES string of the molecule is Cc1ccc(OCCNc2nc3ccc([N+](=O)[O-])cc3s2)cc1. The second kappa shape index (κ2) is 6.62. The molecule has 7 heteroatoms. The molecule has 0 spiro atoms. The summed E-state index contributed by atoms with van der Waals surface area (Å²) in [4.78, 5) is 14.8. The molecule has 0 aliphatic rings. The van der Waals surface area contributed by atoms with Gasteiger partial charge in [0, 0.05) is 12.1 Å². The molecule has 118 valence electrons. The van der Waals surface area contributed by atoms with E-state index in [1.54, 1.807) is 12.1 Å². The van der Waals surface area contributed by atoms with Gasteiger partial charge in [-0.15, -0.1) is 0 Å². The highest BCUT2D eigenvalue weighted by molar-refractivity contribution is 7.22. The van der Waals surface area contributed by atoms with Gasteiger partial charge in [-0.2, -0.15) is 0 Å². The summed E-state index contributed by atoms with van der Waals surface area (Å²) in [5.41, 5.74) is 2.03. The molecule has 23 heavy (non-hydrogen) atoms. The quantitative estimate of drug-likeness (QED) is 0.420. The summed E-state index contributed by atoms with van der Waals surface area (Å²) in [6.45, 7) is 3.15. The predicted octanol–water partition coefficient (Wildman–Crippen LogP) is 4.00. The first-order valence-corrected chi connectivity index (χ1v) is 7.92. The van der Waals surface area contributed by atoms with Crippen molar-refractivity contribution in [2.24, 2.45) is 0 Å². The number of nitro benzene ring substituents is 1. The van der Waals surface area contributed by atoms with Crippen molar-refractivity contribution in [2.45, 2.75) is 6.92 Å². The summed E-state index contributed by atoms with van der Waals surface area (Å²) in [5.74, 6) is 0.831. The lowest BCUT2D eigenvalue weighted by Gasteiger charge is -2.06. The number of thiazole rings is 1. The summed E-state index contributed by atoms with van der Waals surface area (Å²) in [5, 5.41) is 14.7.